The van der Waals surface area contributed by atoms with Crippen LogP contribution >= 0.6 is 0 Å². The highest BCUT2D eigenvalue weighted by Gasteiger charge is 2.34. The van der Waals surface area contributed by atoms with Gasteiger partial charge in [-0.05, 0) is 13.0 Å². The summed E-state index contributed by atoms with van der Waals surface area (Å²) in [6.45, 7) is 22.0. The molecule has 0 saturated carbocycles. The lowest BCUT2D eigenvalue weighted by molar-refractivity contribution is -0.137. The number of H-pyrrole nitrogens is 1. The molecule has 8 nitrogen and oxygen atoms in total. The number of nitrogens with one attached hydrogen (secondary N) is 1. The maximum Gasteiger partial charge on any atom is 0.295 e. The van der Waals surface area contributed by atoms with Gasteiger partial charge in [-0.15, -0.1) is 0 Å². The molecule has 2 aromatic heterocycles. The van der Waals surface area contributed by atoms with Crippen molar-refractivity contribution in [2.45, 2.75) is 54.5 Å². The lowest BCUT2D eigenvalue weighted by atomic mass is 10.1. The van der Waals surface area contributed by atoms with Gasteiger partial charge in [0.25, 0.3) is 17.6 Å². The monoisotopic (exact) mass is 498 g/mol. The Kier molecular flexibility index (Phi) is 15.1. The van der Waals surface area contributed by atoms with Gasteiger partial charge in [0, 0.05) is 43.6 Å². The molecule has 3 heterocycles. The van der Waals surface area contributed by atoms with Crippen LogP contribution in [0.4, 0.5) is 0 Å². The first-order valence-electron chi connectivity index (χ1n) is 12.5. The SMILES string of the molecule is C=C/C=C(\C=C)C(=O)N1CCN(C(=O)C(=O)c2c[nH]c3nccc(OC)c23)[C@H](C)C1.CC.CC.CC. The number of aromatic amines is 1. The summed E-state index contributed by atoms with van der Waals surface area (Å²) >= 11 is 0. The number of hydrogen-bond acceptors (Lipinski definition) is 5. The van der Waals surface area contributed by atoms with Gasteiger partial charge in [-0.2, -0.15) is 0 Å². The zero-order valence-electron chi connectivity index (χ0n) is 23.1. The number of pyridine rings is 1. The number of hydrogen-bond donors (Lipinski definition) is 1. The Bertz CT molecular complexity index is 1050. The lowest BCUT2D eigenvalue weighted by Crippen LogP contribution is -2.57. The minimum absolute atomic E-state index is 0.178. The first-order chi connectivity index (χ1) is 17.4. The van der Waals surface area contributed by atoms with Crippen LogP contribution in [-0.4, -0.2) is 70.2 Å². The maximum atomic E-state index is 13.0. The second-order valence-electron chi connectivity index (χ2n) is 6.93. The van der Waals surface area contributed by atoms with E-state index in [2.05, 4.69) is 23.1 Å². The Labute approximate surface area is 215 Å². The third kappa shape index (κ3) is 7.41. The average molecular weight is 499 g/mol. The average Bonchev–Trinajstić information content (AvgIpc) is 3.38. The fourth-order valence-corrected chi connectivity index (χ4v) is 3.60. The van der Waals surface area contributed by atoms with Crippen LogP contribution < -0.4 is 4.74 Å². The molecule has 1 N–H and O–H groups in total. The summed E-state index contributed by atoms with van der Waals surface area (Å²) < 4.78 is 5.31. The molecular weight excluding hydrogens is 456 g/mol. The van der Waals surface area contributed by atoms with Gasteiger partial charge in [0.2, 0.25) is 0 Å². The Morgan fingerprint density at radius 2 is 1.72 bits per heavy atom. The number of methoxy groups -OCH3 is 1. The van der Waals surface area contributed by atoms with Crippen molar-refractivity contribution in [2.75, 3.05) is 26.7 Å². The van der Waals surface area contributed by atoms with E-state index >= 15 is 0 Å². The number of piperazine rings is 1. The topological polar surface area (TPSA) is 95.6 Å². The summed E-state index contributed by atoms with van der Waals surface area (Å²) in [6.07, 6.45) is 7.64. The summed E-state index contributed by atoms with van der Waals surface area (Å²) in [6, 6.07) is 1.32. The van der Waals surface area contributed by atoms with Gasteiger partial charge in [-0.3, -0.25) is 14.4 Å². The van der Waals surface area contributed by atoms with E-state index in [1.807, 2.05) is 48.5 Å². The van der Waals surface area contributed by atoms with Crippen LogP contribution in [0, 0.1) is 0 Å². The van der Waals surface area contributed by atoms with Crippen molar-refractivity contribution in [3.63, 3.8) is 0 Å². The number of nitrogens with zero attached hydrogens (tertiary/aromatic N) is 3. The molecule has 1 atom stereocenters. The van der Waals surface area contributed by atoms with Crippen molar-refractivity contribution in [1.29, 1.82) is 0 Å². The zero-order chi connectivity index (χ0) is 27.8. The van der Waals surface area contributed by atoms with Crippen molar-refractivity contribution in [3.8, 4) is 5.75 Å². The smallest absolute Gasteiger partial charge is 0.295 e. The first kappa shape index (κ1) is 32.3. The number of ether oxygens (including phenoxy) is 1. The van der Waals surface area contributed by atoms with Crippen LogP contribution in [-0.2, 0) is 9.59 Å². The highest BCUT2D eigenvalue weighted by Crippen LogP contribution is 2.28. The summed E-state index contributed by atoms with van der Waals surface area (Å²) in [7, 11) is 1.49. The second kappa shape index (κ2) is 16.9. The van der Waals surface area contributed by atoms with Crippen molar-refractivity contribution in [1.82, 2.24) is 19.8 Å². The maximum absolute atomic E-state index is 13.0. The molecule has 0 bridgehead atoms. The number of amides is 2. The van der Waals surface area contributed by atoms with Gasteiger partial charge in [0.1, 0.15) is 11.4 Å². The number of rotatable bonds is 6. The van der Waals surface area contributed by atoms with Crippen LogP contribution in [0.5, 0.6) is 5.75 Å². The van der Waals surface area contributed by atoms with E-state index in [-0.39, 0.29) is 24.1 Å². The molecule has 1 saturated heterocycles. The molecule has 0 aliphatic carbocycles. The molecule has 0 radical (unpaired) electrons. The van der Waals surface area contributed by atoms with E-state index in [9.17, 15) is 14.4 Å². The van der Waals surface area contributed by atoms with Crippen LogP contribution in [0.15, 0.2) is 55.4 Å². The molecule has 36 heavy (non-hydrogen) atoms. The van der Waals surface area contributed by atoms with Gasteiger partial charge < -0.3 is 19.5 Å². The number of carbonyl (C=O) groups excluding carboxylic acids is 3. The molecule has 0 aromatic carbocycles. The minimum Gasteiger partial charge on any atom is -0.496 e. The largest absolute Gasteiger partial charge is 0.496 e. The third-order valence-electron chi connectivity index (χ3n) is 5.13. The molecule has 3 rings (SSSR count). The van der Waals surface area contributed by atoms with Crippen LogP contribution in [0.2, 0.25) is 0 Å². The quantitative estimate of drug-likeness (QED) is 0.256. The number of ketones is 1. The van der Waals surface area contributed by atoms with Crippen LogP contribution in [0.3, 0.4) is 0 Å². The fraction of sp³-hybridized carbons (Fsp3) is 0.429. The Hall–Kier alpha value is -3.68. The van der Waals surface area contributed by atoms with E-state index in [1.165, 1.54) is 30.4 Å². The molecule has 1 aliphatic heterocycles. The highest BCUT2D eigenvalue weighted by molar-refractivity contribution is 6.45. The number of allylic oxidation sites excluding steroid dienone is 2. The van der Waals surface area contributed by atoms with Gasteiger partial charge in [-0.25, -0.2) is 4.98 Å². The van der Waals surface area contributed by atoms with E-state index in [4.69, 9.17) is 4.74 Å². The predicted octanol–water partition coefficient (Wildman–Crippen LogP) is 5.19. The van der Waals surface area contributed by atoms with E-state index in [0.29, 0.717) is 35.4 Å². The Morgan fingerprint density at radius 1 is 1.08 bits per heavy atom. The molecule has 1 fully saturated rings. The Balaban J connectivity index is 0.00000190. The molecule has 2 aromatic rings. The molecule has 0 unspecified atom stereocenters. The van der Waals surface area contributed by atoms with E-state index in [0.717, 1.165) is 0 Å². The van der Waals surface area contributed by atoms with Crippen molar-refractivity contribution in [3.05, 3.63) is 61.0 Å². The first-order valence-corrected chi connectivity index (χ1v) is 12.5. The van der Waals surface area contributed by atoms with Gasteiger partial charge in [0.15, 0.2) is 0 Å². The lowest BCUT2D eigenvalue weighted by Gasteiger charge is -2.39. The van der Waals surface area contributed by atoms with Crippen molar-refractivity contribution in [2.24, 2.45) is 0 Å². The molecule has 2 amide bonds. The number of Topliss-reactive ketones (excluding diaryl/α,β-unsaturated/α-hetero) is 1. The van der Waals surface area contributed by atoms with Crippen LogP contribution in [0.25, 0.3) is 11.0 Å². The number of fused-ring (bicyclic) bond motifs is 1. The standard InChI is InChI=1S/C22H24N4O4.3C2H6/c1-5-7-15(6-2)21(28)25-10-11-26(14(3)13-25)22(29)19(27)16-12-24-20-18(16)17(30-4)8-9-23-20;3*1-2/h5-9,12,14H,1-2,10-11,13H2,3-4H3,(H,23,24);3*1-2H3/b15-7+;;;/t14-;;;/m1.../s1. The number of carbonyl (C=O) groups is 3. The molecular formula is C28H42N4O4. The van der Waals surface area contributed by atoms with Gasteiger partial charge >= 0.3 is 0 Å². The van der Waals surface area contributed by atoms with E-state index < -0.39 is 11.7 Å². The summed E-state index contributed by atoms with van der Waals surface area (Å²) in [5, 5.41) is 0.477. The Morgan fingerprint density at radius 3 is 2.25 bits per heavy atom. The second-order valence-corrected chi connectivity index (χ2v) is 6.93. The molecule has 198 valence electrons. The van der Waals surface area contributed by atoms with Gasteiger partial charge in [0.05, 0.1) is 18.1 Å². The molecule has 1 aliphatic rings. The van der Waals surface area contributed by atoms with Crippen molar-refractivity contribution >= 4 is 28.6 Å². The van der Waals surface area contributed by atoms with Gasteiger partial charge in [-0.1, -0.05) is 72.9 Å². The summed E-state index contributed by atoms with van der Waals surface area (Å²) in [4.78, 5) is 48.8. The number of aromatic nitrogens is 2. The zero-order valence-corrected chi connectivity index (χ0v) is 23.1. The molecule has 8 heteroatoms. The van der Waals surface area contributed by atoms with E-state index in [1.54, 1.807) is 23.2 Å². The normalized spacial score (nSPS) is 14.7. The fourth-order valence-electron chi connectivity index (χ4n) is 3.60. The predicted molar refractivity (Wildman–Crippen MR) is 147 cm³/mol. The van der Waals surface area contributed by atoms with Crippen LogP contribution in [0.1, 0.15) is 58.8 Å². The third-order valence-corrected chi connectivity index (χ3v) is 5.13. The summed E-state index contributed by atoms with van der Waals surface area (Å²) in [5.41, 5.74) is 1.12. The minimum atomic E-state index is -0.641. The summed E-state index contributed by atoms with van der Waals surface area (Å²) in [5.74, 6) is -0.973. The highest BCUT2D eigenvalue weighted by atomic mass is 16.5. The molecule has 0 spiro atoms. The van der Waals surface area contributed by atoms with Crippen molar-refractivity contribution < 1.29 is 19.1 Å².